The Bertz CT molecular complexity index is 325. The van der Waals surface area contributed by atoms with Gasteiger partial charge in [-0.2, -0.15) is 5.26 Å². The summed E-state index contributed by atoms with van der Waals surface area (Å²) in [5, 5.41) is 11.9. The fourth-order valence-electron chi connectivity index (χ4n) is 1.22. The minimum absolute atomic E-state index is 0.690. The van der Waals surface area contributed by atoms with Gasteiger partial charge in [0.25, 0.3) is 0 Å². The molecular weight excluding hydrogens is 162 g/mol. The molecule has 0 unspecified atom stereocenters. The first-order chi connectivity index (χ1) is 6.31. The van der Waals surface area contributed by atoms with Crippen LogP contribution in [0.3, 0.4) is 0 Å². The summed E-state index contributed by atoms with van der Waals surface area (Å²) in [5.74, 6) is 0. The quantitative estimate of drug-likeness (QED) is 0.751. The lowest BCUT2D eigenvalue weighted by Crippen LogP contribution is -2.06. The highest BCUT2D eigenvalue weighted by molar-refractivity contribution is 5.35. The molecular formula is C10H13N3. The molecule has 0 radical (unpaired) electrons. The van der Waals surface area contributed by atoms with Crippen LogP contribution in [0.25, 0.3) is 0 Å². The Kier molecular flexibility index (Phi) is 3.41. The van der Waals surface area contributed by atoms with Crippen LogP contribution in [0.2, 0.25) is 0 Å². The van der Waals surface area contributed by atoms with Gasteiger partial charge >= 0.3 is 0 Å². The molecule has 1 N–H and O–H groups in total. The van der Waals surface area contributed by atoms with Crippen molar-refractivity contribution in [2.45, 2.75) is 19.9 Å². The Morgan fingerprint density at radius 2 is 2.38 bits per heavy atom. The first-order valence-electron chi connectivity index (χ1n) is 4.34. The average Bonchev–Trinajstić information content (AvgIpc) is 2.18. The van der Waals surface area contributed by atoms with Crippen LogP contribution in [0.4, 0.5) is 0 Å². The van der Waals surface area contributed by atoms with E-state index in [9.17, 15) is 0 Å². The molecule has 0 spiro atoms. The van der Waals surface area contributed by atoms with Gasteiger partial charge in [-0.3, -0.25) is 4.98 Å². The Labute approximate surface area is 78.4 Å². The molecule has 1 heterocycles. The van der Waals surface area contributed by atoms with E-state index in [0.717, 1.165) is 24.2 Å². The van der Waals surface area contributed by atoms with E-state index in [1.807, 2.05) is 26.2 Å². The van der Waals surface area contributed by atoms with Crippen LogP contribution in [-0.2, 0) is 13.0 Å². The van der Waals surface area contributed by atoms with Crippen molar-refractivity contribution in [2.24, 2.45) is 0 Å². The van der Waals surface area contributed by atoms with Crippen molar-refractivity contribution in [2.75, 3.05) is 7.05 Å². The molecule has 0 amide bonds. The molecule has 3 heteroatoms. The second-order valence-corrected chi connectivity index (χ2v) is 2.83. The van der Waals surface area contributed by atoms with E-state index in [1.165, 1.54) is 0 Å². The Hall–Kier alpha value is -1.40. The zero-order valence-electron chi connectivity index (χ0n) is 7.96. The van der Waals surface area contributed by atoms with Gasteiger partial charge in [-0.05, 0) is 25.1 Å². The van der Waals surface area contributed by atoms with E-state index < -0.39 is 0 Å². The van der Waals surface area contributed by atoms with Crippen molar-refractivity contribution in [3.05, 3.63) is 29.1 Å². The largest absolute Gasteiger partial charge is 0.316 e. The molecule has 0 aliphatic heterocycles. The summed E-state index contributed by atoms with van der Waals surface area (Å²) in [7, 11) is 1.87. The zero-order valence-corrected chi connectivity index (χ0v) is 7.96. The number of nitriles is 1. The van der Waals surface area contributed by atoms with Crippen LogP contribution < -0.4 is 5.32 Å². The third-order valence-electron chi connectivity index (χ3n) is 1.86. The summed E-state index contributed by atoms with van der Waals surface area (Å²) in [4.78, 5) is 4.22. The SMILES string of the molecule is CCc1ncc(CNC)cc1C#N. The van der Waals surface area contributed by atoms with Crippen molar-refractivity contribution >= 4 is 0 Å². The monoisotopic (exact) mass is 175 g/mol. The summed E-state index contributed by atoms with van der Waals surface area (Å²) in [6.07, 6.45) is 2.62. The van der Waals surface area contributed by atoms with Gasteiger partial charge in [-0.1, -0.05) is 6.92 Å². The van der Waals surface area contributed by atoms with Crippen LogP contribution in [0.1, 0.15) is 23.7 Å². The molecule has 0 saturated carbocycles. The van der Waals surface area contributed by atoms with E-state index in [2.05, 4.69) is 16.4 Å². The summed E-state index contributed by atoms with van der Waals surface area (Å²) in [6, 6.07) is 4.05. The molecule has 1 aromatic heterocycles. The fourth-order valence-corrected chi connectivity index (χ4v) is 1.22. The molecule has 68 valence electrons. The Balaban J connectivity index is 3.00. The van der Waals surface area contributed by atoms with Gasteiger partial charge in [0.2, 0.25) is 0 Å². The van der Waals surface area contributed by atoms with E-state index >= 15 is 0 Å². The average molecular weight is 175 g/mol. The molecule has 0 atom stereocenters. The summed E-state index contributed by atoms with van der Waals surface area (Å²) in [5.41, 5.74) is 2.62. The van der Waals surface area contributed by atoms with Crippen LogP contribution in [-0.4, -0.2) is 12.0 Å². The number of rotatable bonds is 3. The second-order valence-electron chi connectivity index (χ2n) is 2.83. The third kappa shape index (κ3) is 2.27. The zero-order chi connectivity index (χ0) is 9.68. The molecule has 0 bridgehead atoms. The third-order valence-corrected chi connectivity index (χ3v) is 1.86. The van der Waals surface area contributed by atoms with Crippen molar-refractivity contribution in [3.8, 4) is 6.07 Å². The lowest BCUT2D eigenvalue weighted by atomic mass is 10.1. The summed E-state index contributed by atoms with van der Waals surface area (Å²) in [6.45, 7) is 2.76. The van der Waals surface area contributed by atoms with Gasteiger partial charge in [-0.25, -0.2) is 0 Å². The standard InChI is InChI=1S/C10H13N3/c1-3-10-9(5-11)4-8(6-12-2)7-13-10/h4,7,12H,3,6H2,1-2H3. The number of nitrogens with one attached hydrogen (secondary N) is 1. The topological polar surface area (TPSA) is 48.7 Å². The summed E-state index contributed by atoms with van der Waals surface area (Å²) < 4.78 is 0. The predicted octanol–water partition coefficient (Wildman–Crippen LogP) is 1.24. The maximum atomic E-state index is 8.83. The molecule has 0 aliphatic carbocycles. The van der Waals surface area contributed by atoms with E-state index in [-0.39, 0.29) is 0 Å². The molecule has 13 heavy (non-hydrogen) atoms. The normalized spacial score (nSPS) is 9.62. The van der Waals surface area contributed by atoms with Crippen LogP contribution in [0, 0.1) is 11.3 Å². The Morgan fingerprint density at radius 1 is 1.62 bits per heavy atom. The van der Waals surface area contributed by atoms with Gasteiger partial charge in [0, 0.05) is 12.7 Å². The Morgan fingerprint density at radius 3 is 2.92 bits per heavy atom. The van der Waals surface area contributed by atoms with Crippen molar-refractivity contribution < 1.29 is 0 Å². The lowest BCUT2D eigenvalue weighted by Gasteiger charge is -2.03. The highest BCUT2D eigenvalue weighted by atomic mass is 14.8. The number of hydrogen-bond donors (Lipinski definition) is 1. The first-order valence-corrected chi connectivity index (χ1v) is 4.34. The number of aryl methyl sites for hydroxylation is 1. The van der Waals surface area contributed by atoms with E-state index in [1.54, 1.807) is 0 Å². The van der Waals surface area contributed by atoms with Gasteiger partial charge in [0.15, 0.2) is 0 Å². The van der Waals surface area contributed by atoms with Crippen LogP contribution in [0.5, 0.6) is 0 Å². The minimum atomic E-state index is 0.690. The van der Waals surface area contributed by atoms with Crippen molar-refractivity contribution in [1.82, 2.24) is 10.3 Å². The number of nitrogens with zero attached hydrogens (tertiary/aromatic N) is 2. The first kappa shape index (κ1) is 9.69. The van der Waals surface area contributed by atoms with Crippen molar-refractivity contribution in [1.29, 1.82) is 5.26 Å². The highest BCUT2D eigenvalue weighted by Crippen LogP contribution is 2.08. The smallest absolute Gasteiger partial charge is 0.101 e. The minimum Gasteiger partial charge on any atom is -0.316 e. The molecule has 0 aromatic carbocycles. The molecule has 1 aromatic rings. The number of pyridine rings is 1. The molecule has 0 fully saturated rings. The second kappa shape index (κ2) is 4.58. The van der Waals surface area contributed by atoms with Gasteiger partial charge in [0.1, 0.15) is 6.07 Å². The van der Waals surface area contributed by atoms with Gasteiger partial charge < -0.3 is 5.32 Å². The molecule has 1 rings (SSSR count). The molecule has 0 aliphatic rings. The van der Waals surface area contributed by atoms with Gasteiger partial charge in [0.05, 0.1) is 11.3 Å². The summed E-state index contributed by atoms with van der Waals surface area (Å²) >= 11 is 0. The lowest BCUT2D eigenvalue weighted by molar-refractivity contribution is 0.809. The van der Waals surface area contributed by atoms with Crippen LogP contribution >= 0.6 is 0 Å². The number of aromatic nitrogens is 1. The van der Waals surface area contributed by atoms with E-state index in [4.69, 9.17) is 5.26 Å². The molecule has 3 nitrogen and oxygen atoms in total. The van der Waals surface area contributed by atoms with Crippen LogP contribution in [0.15, 0.2) is 12.3 Å². The van der Waals surface area contributed by atoms with Gasteiger partial charge in [-0.15, -0.1) is 0 Å². The fraction of sp³-hybridized carbons (Fsp3) is 0.400. The van der Waals surface area contributed by atoms with E-state index in [0.29, 0.717) is 5.56 Å². The molecule has 0 saturated heterocycles. The van der Waals surface area contributed by atoms with Crippen molar-refractivity contribution in [3.63, 3.8) is 0 Å². The maximum Gasteiger partial charge on any atom is 0.101 e. The maximum absolute atomic E-state index is 8.83. The highest BCUT2D eigenvalue weighted by Gasteiger charge is 2.02. The number of hydrogen-bond acceptors (Lipinski definition) is 3. The predicted molar refractivity (Wildman–Crippen MR) is 51.1 cm³/mol.